The lowest BCUT2D eigenvalue weighted by Crippen LogP contribution is -2.41. The molecule has 1 aromatic rings. The lowest BCUT2D eigenvalue weighted by molar-refractivity contribution is 0.0917. The Kier molecular flexibility index (Phi) is 4.03. The van der Waals surface area contributed by atoms with Crippen molar-refractivity contribution in [1.82, 2.24) is 4.90 Å². The normalized spacial score (nSPS) is 18.2. The minimum atomic E-state index is -0.355. The molecule has 0 fully saturated rings. The summed E-state index contributed by atoms with van der Waals surface area (Å²) < 4.78 is 5.26. The second kappa shape index (κ2) is 5.92. The van der Waals surface area contributed by atoms with Crippen LogP contribution in [0.5, 0.6) is 0 Å². The molecule has 0 aromatic heterocycles. The van der Waals surface area contributed by atoms with Gasteiger partial charge in [0.05, 0.1) is 6.04 Å². The molecule has 3 heteroatoms. The fourth-order valence-corrected chi connectivity index (χ4v) is 1.83. The molecular weight excluding hydrogens is 226 g/mol. The van der Waals surface area contributed by atoms with Gasteiger partial charge < -0.3 is 4.74 Å². The smallest absolute Gasteiger partial charge is 0.411 e. The van der Waals surface area contributed by atoms with Gasteiger partial charge in [0.1, 0.15) is 6.61 Å². The molecule has 0 bridgehead atoms. The molecule has 1 unspecified atom stereocenters. The minimum Gasteiger partial charge on any atom is -0.445 e. The van der Waals surface area contributed by atoms with E-state index in [0.29, 0.717) is 13.0 Å². The van der Waals surface area contributed by atoms with Crippen LogP contribution >= 0.6 is 0 Å². The third kappa shape index (κ3) is 2.92. The summed E-state index contributed by atoms with van der Waals surface area (Å²) >= 11 is 0. The third-order valence-corrected chi connectivity index (χ3v) is 2.84. The highest BCUT2D eigenvalue weighted by Crippen LogP contribution is 2.13. The quantitative estimate of drug-likeness (QED) is 0.588. The maximum absolute atomic E-state index is 11.9. The van der Waals surface area contributed by atoms with E-state index in [4.69, 9.17) is 11.2 Å². The second-order valence-corrected chi connectivity index (χ2v) is 4.08. The van der Waals surface area contributed by atoms with Crippen LogP contribution in [0.3, 0.4) is 0 Å². The van der Waals surface area contributed by atoms with E-state index in [-0.39, 0.29) is 18.7 Å². The van der Waals surface area contributed by atoms with Gasteiger partial charge in [0.15, 0.2) is 0 Å². The molecule has 3 nitrogen and oxygen atoms in total. The number of carbonyl (C=O) groups is 1. The Labute approximate surface area is 107 Å². The van der Waals surface area contributed by atoms with E-state index >= 15 is 0 Å². The molecule has 0 spiro atoms. The first-order valence-corrected chi connectivity index (χ1v) is 5.89. The van der Waals surface area contributed by atoms with Gasteiger partial charge in [-0.05, 0) is 12.0 Å². The lowest BCUT2D eigenvalue weighted by atomic mass is 10.1. The van der Waals surface area contributed by atoms with Gasteiger partial charge in [-0.25, -0.2) is 4.79 Å². The van der Waals surface area contributed by atoms with Crippen LogP contribution < -0.4 is 0 Å². The molecule has 0 saturated carbocycles. The fraction of sp³-hybridized carbons (Fsp3) is 0.267. The molecule has 0 saturated heterocycles. The van der Waals surface area contributed by atoms with Crippen LogP contribution in [0.25, 0.3) is 0 Å². The maximum atomic E-state index is 11.9. The average Bonchev–Trinajstić information content (AvgIpc) is 2.45. The monoisotopic (exact) mass is 241 g/mol. The molecule has 0 aliphatic carbocycles. The van der Waals surface area contributed by atoms with Gasteiger partial charge in [0.2, 0.25) is 0 Å². The summed E-state index contributed by atoms with van der Waals surface area (Å²) in [7, 11) is 0. The first-order chi connectivity index (χ1) is 8.81. The van der Waals surface area contributed by atoms with Crippen molar-refractivity contribution in [2.75, 3.05) is 6.54 Å². The molecule has 1 aliphatic heterocycles. The maximum Gasteiger partial charge on any atom is 0.411 e. The largest absolute Gasteiger partial charge is 0.445 e. The number of carbonyl (C=O) groups excluding carboxylic acids is 1. The van der Waals surface area contributed by atoms with Gasteiger partial charge in [-0.3, -0.25) is 4.90 Å². The van der Waals surface area contributed by atoms with Crippen molar-refractivity contribution in [3.05, 3.63) is 48.0 Å². The van der Waals surface area contributed by atoms with Crippen molar-refractivity contribution in [2.24, 2.45) is 0 Å². The van der Waals surface area contributed by atoms with Gasteiger partial charge >= 0.3 is 6.09 Å². The van der Waals surface area contributed by atoms with E-state index < -0.39 is 0 Å². The van der Waals surface area contributed by atoms with Crippen molar-refractivity contribution in [1.29, 1.82) is 0 Å². The Morgan fingerprint density at radius 1 is 1.39 bits per heavy atom. The third-order valence-electron chi connectivity index (χ3n) is 2.84. The summed E-state index contributed by atoms with van der Waals surface area (Å²) in [6.07, 6.45) is 9.66. The zero-order valence-corrected chi connectivity index (χ0v) is 10.1. The number of hydrogen-bond donors (Lipinski definition) is 0. The van der Waals surface area contributed by atoms with Crippen LogP contribution in [0.4, 0.5) is 4.79 Å². The molecule has 0 radical (unpaired) electrons. The van der Waals surface area contributed by atoms with E-state index in [1.165, 1.54) is 0 Å². The van der Waals surface area contributed by atoms with E-state index in [1.807, 2.05) is 42.5 Å². The molecule has 1 heterocycles. The Morgan fingerprint density at radius 3 is 2.89 bits per heavy atom. The molecule has 0 N–H and O–H groups in total. The van der Waals surface area contributed by atoms with Crippen molar-refractivity contribution in [2.45, 2.75) is 19.1 Å². The summed E-state index contributed by atoms with van der Waals surface area (Å²) in [6, 6.07) is 9.39. The van der Waals surface area contributed by atoms with Crippen LogP contribution in [0, 0.1) is 12.3 Å². The topological polar surface area (TPSA) is 29.5 Å². The number of ether oxygens (including phenoxy) is 1. The van der Waals surface area contributed by atoms with Crippen LogP contribution in [-0.4, -0.2) is 23.6 Å². The molecule has 1 aliphatic rings. The summed E-state index contributed by atoms with van der Waals surface area (Å²) in [5.74, 6) is 2.61. The SMILES string of the molecule is C#CC1CC=CCN1C(=O)OCc1ccccc1. The highest BCUT2D eigenvalue weighted by atomic mass is 16.6. The Bertz CT molecular complexity index is 473. The lowest BCUT2D eigenvalue weighted by Gasteiger charge is -2.28. The van der Waals surface area contributed by atoms with Crippen molar-refractivity contribution in [3.8, 4) is 12.3 Å². The van der Waals surface area contributed by atoms with Crippen LogP contribution in [0.2, 0.25) is 0 Å². The van der Waals surface area contributed by atoms with Gasteiger partial charge in [-0.15, -0.1) is 6.42 Å². The van der Waals surface area contributed by atoms with Gasteiger partial charge in [0.25, 0.3) is 0 Å². The molecular formula is C15H15NO2. The Hall–Kier alpha value is -2.21. The molecule has 92 valence electrons. The van der Waals surface area contributed by atoms with Gasteiger partial charge in [-0.2, -0.15) is 0 Å². The Morgan fingerprint density at radius 2 is 2.17 bits per heavy atom. The van der Waals surface area contributed by atoms with E-state index in [0.717, 1.165) is 5.56 Å². The van der Waals surface area contributed by atoms with Crippen LogP contribution in [0.1, 0.15) is 12.0 Å². The summed E-state index contributed by atoms with van der Waals surface area (Å²) in [5.41, 5.74) is 0.968. The minimum absolute atomic E-state index is 0.196. The number of amides is 1. The van der Waals surface area contributed by atoms with E-state index in [9.17, 15) is 4.79 Å². The molecule has 18 heavy (non-hydrogen) atoms. The summed E-state index contributed by atoms with van der Waals surface area (Å²) in [5, 5.41) is 0. The fourth-order valence-electron chi connectivity index (χ4n) is 1.83. The standard InChI is InChI=1S/C15H15NO2/c1-2-14-10-6-7-11-16(14)15(17)18-12-13-8-4-3-5-9-13/h1,3-9,14H,10-12H2. The predicted octanol–water partition coefficient (Wildman–Crippen LogP) is 2.59. The highest BCUT2D eigenvalue weighted by molar-refractivity contribution is 5.69. The van der Waals surface area contributed by atoms with Gasteiger partial charge in [-0.1, -0.05) is 48.4 Å². The van der Waals surface area contributed by atoms with E-state index in [2.05, 4.69) is 5.92 Å². The molecule has 1 atom stereocenters. The number of rotatable bonds is 2. The summed E-state index contributed by atoms with van der Waals surface area (Å²) in [6.45, 7) is 0.791. The first-order valence-electron chi connectivity index (χ1n) is 5.89. The first kappa shape index (κ1) is 12.3. The van der Waals surface area contributed by atoms with E-state index in [1.54, 1.807) is 4.90 Å². The van der Waals surface area contributed by atoms with Crippen LogP contribution in [0.15, 0.2) is 42.5 Å². The number of terminal acetylenes is 1. The number of nitrogens with zero attached hydrogens (tertiary/aromatic N) is 1. The van der Waals surface area contributed by atoms with Crippen molar-refractivity contribution < 1.29 is 9.53 Å². The number of benzene rings is 1. The second-order valence-electron chi connectivity index (χ2n) is 4.08. The number of hydrogen-bond acceptors (Lipinski definition) is 2. The zero-order chi connectivity index (χ0) is 12.8. The molecule has 1 amide bonds. The molecule has 1 aromatic carbocycles. The van der Waals surface area contributed by atoms with Crippen molar-refractivity contribution >= 4 is 6.09 Å². The van der Waals surface area contributed by atoms with Crippen LogP contribution in [-0.2, 0) is 11.3 Å². The highest BCUT2D eigenvalue weighted by Gasteiger charge is 2.23. The predicted molar refractivity (Wildman–Crippen MR) is 69.7 cm³/mol. The zero-order valence-electron chi connectivity index (χ0n) is 10.1. The Balaban J connectivity index is 1.92. The summed E-state index contributed by atoms with van der Waals surface area (Å²) in [4.78, 5) is 13.5. The van der Waals surface area contributed by atoms with Crippen molar-refractivity contribution in [3.63, 3.8) is 0 Å². The van der Waals surface area contributed by atoms with Gasteiger partial charge in [0, 0.05) is 6.54 Å². The average molecular weight is 241 g/mol. The molecule has 2 rings (SSSR count).